The van der Waals surface area contributed by atoms with E-state index in [-0.39, 0.29) is 22.9 Å². The van der Waals surface area contributed by atoms with Gasteiger partial charge in [0.25, 0.3) is 0 Å². The lowest BCUT2D eigenvalue weighted by Gasteiger charge is -2.60. The van der Waals surface area contributed by atoms with Crippen molar-refractivity contribution in [3.8, 4) is 0 Å². The second-order valence-electron chi connectivity index (χ2n) is 9.01. The fourth-order valence-electron chi connectivity index (χ4n) is 5.98. The maximum absolute atomic E-state index is 12.6. The zero-order chi connectivity index (χ0) is 17.6. The van der Waals surface area contributed by atoms with Crippen LogP contribution in [0.3, 0.4) is 0 Å². The average Bonchev–Trinajstić information content (AvgIpc) is 2.61. The monoisotopic (exact) mass is 336 g/mol. The number of hydrogen-bond donors (Lipinski definition) is 0. The van der Waals surface area contributed by atoms with Gasteiger partial charge in [0.05, 0.1) is 12.7 Å². The van der Waals surface area contributed by atoms with Crippen molar-refractivity contribution < 1.29 is 19.1 Å². The smallest absolute Gasteiger partial charge is 0.163 e. The third kappa shape index (κ3) is 2.86. The first-order valence-electron chi connectivity index (χ1n) is 9.51. The lowest BCUT2D eigenvalue weighted by molar-refractivity contribution is -0.252. The Bertz CT molecular complexity index is 514. The molecule has 1 aliphatic heterocycles. The molecule has 0 unspecified atom stereocenters. The third-order valence-electron chi connectivity index (χ3n) is 7.23. The summed E-state index contributed by atoms with van der Waals surface area (Å²) >= 11 is 0. The highest BCUT2D eigenvalue weighted by atomic mass is 16.7. The Morgan fingerprint density at radius 1 is 1.12 bits per heavy atom. The lowest BCUT2D eigenvalue weighted by Crippen LogP contribution is -2.58. The highest BCUT2D eigenvalue weighted by molar-refractivity contribution is 5.83. The molecule has 1 saturated heterocycles. The number of aldehydes is 1. The van der Waals surface area contributed by atoms with Crippen molar-refractivity contribution in [3.63, 3.8) is 0 Å². The van der Waals surface area contributed by atoms with Crippen LogP contribution < -0.4 is 0 Å². The van der Waals surface area contributed by atoms with Crippen molar-refractivity contribution in [2.45, 2.75) is 84.5 Å². The number of hydrogen-bond acceptors (Lipinski definition) is 4. The minimum Gasteiger partial charge on any atom is -0.350 e. The van der Waals surface area contributed by atoms with E-state index in [1.54, 1.807) is 0 Å². The summed E-state index contributed by atoms with van der Waals surface area (Å²) < 4.78 is 12.3. The summed E-state index contributed by atoms with van der Waals surface area (Å²) in [6.07, 6.45) is 6.90. The zero-order valence-corrected chi connectivity index (χ0v) is 15.6. The van der Waals surface area contributed by atoms with Gasteiger partial charge in [0.15, 0.2) is 5.79 Å². The van der Waals surface area contributed by atoms with Gasteiger partial charge in [-0.15, -0.1) is 0 Å². The van der Waals surface area contributed by atoms with E-state index in [1.165, 1.54) is 0 Å². The fraction of sp³-hybridized carbons (Fsp3) is 0.900. The van der Waals surface area contributed by atoms with E-state index in [9.17, 15) is 9.59 Å². The molecular weight excluding hydrogens is 304 g/mol. The SMILES string of the molecule is CC1(C)OCC[C@]2(C)[C@H]3CCC(=O)[C@@H](CCC=O)[C@]3(C)CC[C@H]2O1. The number of carbonyl (C=O) groups is 2. The van der Waals surface area contributed by atoms with Gasteiger partial charge >= 0.3 is 0 Å². The average molecular weight is 336 g/mol. The number of fused-ring (bicyclic) bond motifs is 3. The highest BCUT2D eigenvalue weighted by Crippen LogP contribution is 2.62. The Kier molecular flexibility index (Phi) is 4.67. The van der Waals surface area contributed by atoms with Crippen LogP contribution >= 0.6 is 0 Å². The quantitative estimate of drug-likeness (QED) is 0.733. The van der Waals surface area contributed by atoms with Crippen molar-refractivity contribution in [1.29, 1.82) is 0 Å². The van der Waals surface area contributed by atoms with Crippen molar-refractivity contribution in [1.82, 2.24) is 0 Å². The summed E-state index contributed by atoms with van der Waals surface area (Å²) in [5.41, 5.74) is 0.0301. The summed E-state index contributed by atoms with van der Waals surface area (Å²) in [5.74, 6) is 0.313. The van der Waals surface area contributed by atoms with Crippen molar-refractivity contribution >= 4 is 12.1 Å². The summed E-state index contributed by atoms with van der Waals surface area (Å²) in [5, 5.41) is 0. The van der Waals surface area contributed by atoms with Crippen LogP contribution in [0.25, 0.3) is 0 Å². The van der Waals surface area contributed by atoms with Gasteiger partial charge in [-0.05, 0) is 62.7 Å². The molecule has 0 aromatic carbocycles. The predicted octanol–water partition coefficient (Wildman–Crippen LogP) is 3.91. The minimum atomic E-state index is -0.530. The molecule has 0 amide bonds. The van der Waals surface area contributed by atoms with Crippen LogP contribution in [-0.4, -0.2) is 30.6 Å². The molecule has 0 aromatic rings. The van der Waals surface area contributed by atoms with Gasteiger partial charge < -0.3 is 14.3 Å². The molecule has 0 aromatic heterocycles. The molecule has 3 fully saturated rings. The summed E-state index contributed by atoms with van der Waals surface area (Å²) in [4.78, 5) is 23.5. The first-order chi connectivity index (χ1) is 11.2. The van der Waals surface area contributed by atoms with Gasteiger partial charge in [0.1, 0.15) is 12.1 Å². The highest BCUT2D eigenvalue weighted by Gasteiger charge is 2.60. The van der Waals surface area contributed by atoms with E-state index in [0.717, 1.165) is 32.0 Å². The lowest BCUT2D eigenvalue weighted by atomic mass is 9.46. The van der Waals surface area contributed by atoms with Crippen LogP contribution in [0.15, 0.2) is 0 Å². The van der Waals surface area contributed by atoms with E-state index in [1.807, 2.05) is 13.8 Å². The van der Waals surface area contributed by atoms with Crippen LogP contribution in [0.2, 0.25) is 0 Å². The largest absolute Gasteiger partial charge is 0.350 e. The maximum atomic E-state index is 12.6. The standard InChI is InChI=1S/C20H32O4/c1-18(2)23-13-11-20(4)16-8-7-15(22)14(6-5-12-21)19(16,3)10-9-17(20)24-18/h12,14,16-17H,5-11,13H2,1-4H3/t14-,16+,17-,19+,20-/m1/s1. The molecule has 136 valence electrons. The molecular formula is C20H32O4. The molecule has 4 heteroatoms. The number of ether oxygens (including phenoxy) is 2. The Hall–Kier alpha value is -0.740. The molecule has 0 bridgehead atoms. The second kappa shape index (κ2) is 6.21. The Labute approximate surface area is 145 Å². The molecule has 24 heavy (non-hydrogen) atoms. The van der Waals surface area contributed by atoms with Crippen molar-refractivity contribution in [2.75, 3.05) is 6.61 Å². The van der Waals surface area contributed by atoms with E-state index in [2.05, 4.69) is 13.8 Å². The number of carbonyl (C=O) groups excluding carboxylic acids is 2. The van der Waals surface area contributed by atoms with Gasteiger partial charge in [0.2, 0.25) is 0 Å². The first-order valence-corrected chi connectivity index (χ1v) is 9.51. The van der Waals surface area contributed by atoms with E-state index < -0.39 is 5.79 Å². The van der Waals surface area contributed by atoms with Crippen LogP contribution in [0.4, 0.5) is 0 Å². The molecule has 4 nitrogen and oxygen atoms in total. The molecule has 2 saturated carbocycles. The second-order valence-corrected chi connectivity index (χ2v) is 9.01. The van der Waals surface area contributed by atoms with Gasteiger partial charge in [0, 0.05) is 18.8 Å². The first kappa shape index (κ1) is 18.1. The van der Waals surface area contributed by atoms with Gasteiger partial charge in [-0.1, -0.05) is 13.8 Å². The minimum absolute atomic E-state index is 0.0125. The van der Waals surface area contributed by atoms with Crippen LogP contribution in [-0.2, 0) is 19.1 Å². The van der Waals surface area contributed by atoms with E-state index >= 15 is 0 Å². The van der Waals surface area contributed by atoms with Crippen LogP contribution in [0.5, 0.6) is 0 Å². The number of rotatable bonds is 3. The fourth-order valence-corrected chi connectivity index (χ4v) is 5.98. The van der Waals surface area contributed by atoms with E-state index in [4.69, 9.17) is 9.47 Å². The predicted molar refractivity (Wildman–Crippen MR) is 91.5 cm³/mol. The van der Waals surface area contributed by atoms with Crippen LogP contribution in [0, 0.1) is 22.7 Å². The Balaban J connectivity index is 1.92. The molecule has 0 radical (unpaired) electrons. The van der Waals surface area contributed by atoms with Gasteiger partial charge in [-0.25, -0.2) is 0 Å². The number of ketones is 1. The van der Waals surface area contributed by atoms with Crippen molar-refractivity contribution in [2.24, 2.45) is 22.7 Å². The summed E-state index contributed by atoms with van der Waals surface area (Å²) in [7, 11) is 0. The molecule has 5 atom stereocenters. The Morgan fingerprint density at radius 3 is 2.58 bits per heavy atom. The van der Waals surface area contributed by atoms with Crippen LogP contribution in [0.1, 0.15) is 72.6 Å². The third-order valence-corrected chi connectivity index (χ3v) is 7.23. The van der Waals surface area contributed by atoms with Gasteiger partial charge in [-0.2, -0.15) is 0 Å². The summed E-state index contributed by atoms with van der Waals surface area (Å²) in [6.45, 7) is 9.35. The number of Topliss-reactive ketones (excluding diaryl/α,β-unsaturated/α-hetero) is 1. The molecule has 3 aliphatic rings. The normalized spacial score (nSPS) is 45.0. The molecule has 0 spiro atoms. The topological polar surface area (TPSA) is 52.6 Å². The molecule has 2 aliphatic carbocycles. The van der Waals surface area contributed by atoms with Gasteiger partial charge in [-0.3, -0.25) is 4.79 Å². The summed E-state index contributed by atoms with van der Waals surface area (Å²) in [6, 6.07) is 0. The molecule has 1 heterocycles. The van der Waals surface area contributed by atoms with E-state index in [0.29, 0.717) is 37.6 Å². The molecule has 0 N–H and O–H groups in total. The Morgan fingerprint density at radius 2 is 1.88 bits per heavy atom. The molecule has 3 rings (SSSR count). The zero-order valence-electron chi connectivity index (χ0n) is 15.6. The van der Waals surface area contributed by atoms with Crippen molar-refractivity contribution in [3.05, 3.63) is 0 Å². The maximum Gasteiger partial charge on any atom is 0.163 e.